The quantitative estimate of drug-likeness (QED) is 0.402. The van der Waals surface area contributed by atoms with Crippen LogP contribution in [0.25, 0.3) is 22.5 Å². The molecule has 0 aliphatic heterocycles. The van der Waals surface area contributed by atoms with E-state index < -0.39 is 0 Å². The lowest BCUT2D eigenvalue weighted by Gasteiger charge is -2.28. The molecule has 172 valence electrons. The van der Waals surface area contributed by atoms with Gasteiger partial charge in [-0.2, -0.15) is 0 Å². The van der Waals surface area contributed by atoms with Gasteiger partial charge in [-0.3, -0.25) is 4.79 Å². The molecule has 0 spiro atoms. The van der Waals surface area contributed by atoms with Crippen LogP contribution in [0.1, 0.15) is 43.7 Å². The van der Waals surface area contributed by atoms with Gasteiger partial charge in [0.05, 0.1) is 17.1 Å². The summed E-state index contributed by atoms with van der Waals surface area (Å²) in [7, 11) is 0. The standard InChI is InChI=1S/C28H33N3OS/c1-17-4-9-21(10-5-17)26-27(22-11-6-18(2)7-12-22)31-28(30-26)33-16-25(32)29-19(3)24-15-20-8-13-23(24)14-20/h4-7,9-12,19-20,23-24H,8,13-16H2,1-3H3,(H,29,32)(H,30,31)/t19-,20+,23+,24+/m1/s1. The summed E-state index contributed by atoms with van der Waals surface area (Å²) in [6, 6.07) is 17.2. The molecule has 1 heterocycles. The zero-order valence-electron chi connectivity index (χ0n) is 19.7. The largest absolute Gasteiger partial charge is 0.353 e. The van der Waals surface area contributed by atoms with Gasteiger partial charge < -0.3 is 10.3 Å². The number of carbonyl (C=O) groups excluding carboxylic acids is 1. The van der Waals surface area contributed by atoms with Gasteiger partial charge in [0.1, 0.15) is 0 Å². The number of aromatic amines is 1. The minimum absolute atomic E-state index is 0.0976. The van der Waals surface area contributed by atoms with Crippen LogP contribution in [0.2, 0.25) is 0 Å². The molecule has 0 radical (unpaired) electrons. The van der Waals surface area contributed by atoms with E-state index >= 15 is 0 Å². The number of H-pyrrole nitrogens is 1. The molecule has 4 nitrogen and oxygen atoms in total. The predicted octanol–water partition coefficient (Wildman–Crippen LogP) is 6.39. The molecule has 4 atom stereocenters. The lowest BCUT2D eigenvalue weighted by atomic mass is 9.84. The van der Waals surface area contributed by atoms with Crippen LogP contribution in [-0.4, -0.2) is 27.7 Å². The number of nitrogens with one attached hydrogen (secondary N) is 2. The molecule has 1 amide bonds. The second kappa shape index (κ2) is 9.38. The Hall–Kier alpha value is -2.53. The van der Waals surface area contributed by atoms with Crippen molar-refractivity contribution in [1.82, 2.24) is 15.3 Å². The van der Waals surface area contributed by atoms with Crippen molar-refractivity contribution in [2.45, 2.75) is 57.7 Å². The Morgan fingerprint density at radius 1 is 1.03 bits per heavy atom. The zero-order valence-corrected chi connectivity index (χ0v) is 20.5. The molecule has 3 aromatic rings. The van der Waals surface area contributed by atoms with Gasteiger partial charge in [0.25, 0.3) is 0 Å². The van der Waals surface area contributed by atoms with E-state index in [-0.39, 0.29) is 11.9 Å². The number of imidazole rings is 1. The summed E-state index contributed by atoms with van der Waals surface area (Å²) in [5, 5.41) is 4.05. The van der Waals surface area contributed by atoms with Crippen LogP contribution in [-0.2, 0) is 4.79 Å². The van der Waals surface area contributed by atoms with Crippen LogP contribution < -0.4 is 5.32 Å². The Balaban J connectivity index is 1.29. The number of amides is 1. The van der Waals surface area contributed by atoms with E-state index in [0.717, 1.165) is 39.5 Å². The summed E-state index contributed by atoms with van der Waals surface area (Å²) in [6.45, 7) is 6.37. The number of carbonyl (C=O) groups is 1. The van der Waals surface area contributed by atoms with Crippen LogP contribution in [0.3, 0.4) is 0 Å². The van der Waals surface area contributed by atoms with Gasteiger partial charge in [0, 0.05) is 17.2 Å². The van der Waals surface area contributed by atoms with Gasteiger partial charge in [-0.1, -0.05) is 77.8 Å². The molecule has 2 saturated carbocycles. The van der Waals surface area contributed by atoms with E-state index in [9.17, 15) is 4.79 Å². The van der Waals surface area contributed by atoms with Crippen LogP contribution in [0, 0.1) is 31.6 Å². The predicted molar refractivity (Wildman–Crippen MR) is 136 cm³/mol. The third-order valence-corrected chi connectivity index (χ3v) is 8.38. The fourth-order valence-electron chi connectivity index (χ4n) is 5.71. The Bertz CT molecular complexity index is 1060. The van der Waals surface area contributed by atoms with Gasteiger partial charge in [-0.15, -0.1) is 0 Å². The number of hydrogen-bond donors (Lipinski definition) is 2. The zero-order chi connectivity index (χ0) is 22.9. The smallest absolute Gasteiger partial charge is 0.230 e. The van der Waals surface area contributed by atoms with Crippen molar-refractivity contribution in [2.24, 2.45) is 17.8 Å². The van der Waals surface area contributed by atoms with Gasteiger partial charge in [-0.05, 0) is 57.8 Å². The maximum absolute atomic E-state index is 12.7. The molecular weight excluding hydrogens is 426 g/mol. The number of thioether (sulfide) groups is 1. The molecule has 2 fully saturated rings. The van der Waals surface area contributed by atoms with Crippen molar-refractivity contribution in [3.05, 3.63) is 59.7 Å². The van der Waals surface area contributed by atoms with Crippen LogP contribution >= 0.6 is 11.8 Å². The van der Waals surface area contributed by atoms with Gasteiger partial charge >= 0.3 is 0 Å². The molecular formula is C28H33N3OS. The summed E-state index contributed by atoms with van der Waals surface area (Å²) >= 11 is 1.48. The first-order valence-corrected chi connectivity index (χ1v) is 13.1. The normalized spacial score (nSPS) is 22.5. The third kappa shape index (κ3) is 4.89. The highest BCUT2D eigenvalue weighted by Crippen LogP contribution is 2.49. The number of aryl methyl sites for hydroxylation is 2. The van der Waals surface area contributed by atoms with Crippen molar-refractivity contribution >= 4 is 17.7 Å². The van der Waals surface area contributed by atoms with E-state index in [2.05, 4.69) is 79.6 Å². The minimum atomic E-state index is 0.0976. The molecule has 2 N–H and O–H groups in total. The first-order valence-electron chi connectivity index (χ1n) is 12.1. The Morgan fingerprint density at radius 3 is 2.30 bits per heavy atom. The number of rotatable bonds is 7. The topological polar surface area (TPSA) is 57.8 Å². The van der Waals surface area contributed by atoms with Crippen molar-refractivity contribution in [2.75, 3.05) is 5.75 Å². The van der Waals surface area contributed by atoms with E-state index in [1.54, 1.807) is 0 Å². The summed E-state index contributed by atoms with van der Waals surface area (Å²) in [6.07, 6.45) is 5.40. The second-order valence-corrected chi connectivity index (χ2v) is 10.9. The third-order valence-electron chi connectivity index (χ3n) is 7.51. The van der Waals surface area contributed by atoms with E-state index in [4.69, 9.17) is 4.98 Å². The number of benzene rings is 2. The maximum Gasteiger partial charge on any atom is 0.230 e. The van der Waals surface area contributed by atoms with Crippen LogP contribution in [0.5, 0.6) is 0 Å². The van der Waals surface area contributed by atoms with Crippen molar-refractivity contribution in [1.29, 1.82) is 0 Å². The highest BCUT2D eigenvalue weighted by atomic mass is 32.2. The summed E-state index contributed by atoms with van der Waals surface area (Å²) in [4.78, 5) is 21.1. The van der Waals surface area contributed by atoms with Crippen molar-refractivity contribution in [3.8, 4) is 22.5 Å². The Morgan fingerprint density at radius 2 is 1.70 bits per heavy atom. The second-order valence-electron chi connectivity index (χ2n) is 9.98. The number of aromatic nitrogens is 2. The molecule has 2 aromatic carbocycles. The van der Waals surface area contributed by atoms with E-state index in [1.807, 2.05) is 0 Å². The Labute approximate surface area is 201 Å². The molecule has 33 heavy (non-hydrogen) atoms. The monoisotopic (exact) mass is 459 g/mol. The molecule has 2 bridgehead atoms. The number of nitrogens with zero attached hydrogens (tertiary/aromatic N) is 1. The Kier molecular flexibility index (Phi) is 6.33. The SMILES string of the molecule is Cc1ccc(-c2nc(SCC(=O)N[C@H](C)[C@@H]3C[C@H]4CC[C@H]3C4)[nH]c2-c2ccc(C)cc2)cc1. The van der Waals surface area contributed by atoms with Gasteiger partial charge in [-0.25, -0.2) is 4.98 Å². The highest BCUT2D eigenvalue weighted by Gasteiger charge is 2.42. The number of hydrogen-bond acceptors (Lipinski definition) is 3. The lowest BCUT2D eigenvalue weighted by Crippen LogP contribution is -2.40. The minimum Gasteiger partial charge on any atom is -0.353 e. The maximum atomic E-state index is 12.7. The fourth-order valence-corrected chi connectivity index (χ4v) is 6.39. The average Bonchev–Trinajstić information content (AvgIpc) is 3.55. The number of fused-ring (bicyclic) bond motifs is 2. The summed E-state index contributed by atoms with van der Waals surface area (Å²) in [5.41, 5.74) is 6.56. The summed E-state index contributed by atoms with van der Waals surface area (Å²) < 4.78 is 0. The molecule has 0 unspecified atom stereocenters. The molecule has 2 aliphatic carbocycles. The summed E-state index contributed by atoms with van der Waals surface area (Å²) in [5.74, 6) is 2.84. The van der Waals surface area contributed by atoms with Gasteiger partial charge in [0.15, 0.2) is 5.16 Å². The highest BCUT2D eigenvalue weighted by molar-refractivity contribution is 7.99. The lowest BCUT2D eigenvalue weighted by molar-refractivity contribution is -0.119. The molecule has 2 aliphatic rings. The molecule has 5 rings (SSSR count). The first-order chi connectivity index (χ1) is 16.0. The first kappa shape index (κ1) is 22.3. The van der Waals surface area contributed by atoms with Crippen LogP contribution in [0.15, 0.2) is 53.7 Å². The van der Waals surface area contributed by atoms with Gasteiger partial charge in [0.2, 0.25) is 5.91 Å². The van der Waals surface area contributed by atoms with Crippen molar-refractivity contribution in [3.63, 3.8) is 0 Å². The van der Waals surface area contributed by atoms with E-state index in [0.29, 0.717) is 11.7 Å². The molecule has 1 aromatic heterocycles. The van der Waals surface area contributed by atoms with Crippen molar-refractivity contribution < 1.29 is 4.79 Å². The van der Waals surface area contributed by atoms with E-state index in [1.165, 1.54) is 48.6 Å². The molecule has 0 saturated heterocycles. The average molecular weight is 460 g/mol. The molecule has 5 heteroatoms. The fraction of sp³-hybridized carbons (Fsp3) is 0.429. The van der Waals surface area contributed by atoms with Crippen LogP contribution in [0.4, 0.5) is 0 Å².